The molecule has 0 aromatic carbocycles. The lowest BCUT2D eigenvalue weighted by molar-refractivity contribution is 0.413. The van der Waals surface area contributed by atoms with Crippen LogP contribution in [0.2, 0.25) is 0 Å². The Kier molecular flexibility index (Phi) is 2.47. The summed E-state index contributed by atoms with van der Waals surface area (Å²) in [6.45, 7) is 3.37. The highest BCUT2D eigenvalue weighted by Gasteiger charge is 2.14. The van der Waals surface area contributed by atoms with Crippen LogP contribution in [0.4, 0.5) is 0 Å². The lowest BCUT2D eigenvalue weighted by Crippen LogP contribution is -2.26. The molecule has 2 heteroatoms. The Hall–Kier alpha value is -0.340. The van der Waals surface area contributed by atoms with E-state index in [2.05, 4.69) is 23.7 Å². The summed E-state index contributed by atoms with van der Waals surface area (Å²) in [5.41, 5.74) is 1.50. The average molecular weight is 181 g/mol. The molecule has 0 saturated carbocycles. The minimum atomic E-state index is 0.642. The van der Waals surface area contributed by atoms with E-state index < -0.39 is 0 Å². The summed E-state index contributed by atoms with van der Waals surface area (Å²) in [5.74, 6) is 0. The SMILES string of the molecule is Cc1cc(C2CCCCN2)cs1. The molecule has 1 aromatic heterocycles. The van der Waals surface area contributed by atoms with Gasteiger partial charge in [0.1, 0.15) is 0 Å². The lowest BCUT2D eigenvalue weighted by Gasteiger charge is -2.22. The third-order valence-corrected chi connectivity index (χ3v) is 3.34. The van der Waals surface area contributed by atoms with Gasteiger partial charge in [0, 0.05) is 10.9 Å². The molecule has 0 aliphatic carbocycles. The van der Waals surface area contributed by atoms with Crippen molar-refractivity contribution in [1.29, 1.82) is 0 Å². The molecule has 2 rings (SSSR count). The Morgan fingerprint density at radius 3 is 3.00 bits per heavy atom. The highest BCUT2D eigenvalue weighted by molar-refractivity contribution is 7.10. The van der Waals surface area contributed by atoms with Crippen molar-refractivity contribution in [3.05, 3.63) is 21.9 Å². The minimum absolute atomic E-state index is 0.642. The van der Waals surface area contributed by atoms with Gasteiger partial charge in [0.2, 0.25) is 0 Å². The first-order chi connectivity index (χ1) is 5.86. The van der Waals surface area contributed by atoms with Gasteiger partial charge >= 0.3 is 0 Å². The van der Waals surface area contributed by atoms with Crippen LogP contribution in [0.15, 0.2) is 11.4 Å². The van der Waals surface area contributed by atoms with E-state index >= 15 is 0 Å². The van der Waals surface area contributed by atoms with Crippen LogP contribution in [0.25, 0.3) is 0 Å². The van der Waals surface area contributed by atoms with Gasteiger partial charge in [0.05, 0.1) is 0 Å². The molecule has 12 heavy (non-hydrogen) atoms. The van der Waals surface area contributed by atoms with Crippen LogP contribution in [0.1, 0.15) is 35.7 Å². The van der Waals surface area contributed by atoms with Crippen LogP contribution >= 0.6 is 11.3 Å². The Bertz CT molecular complexity index is 248. The highest BCUT2D eigenvalue weighted by atomic mass is 32.1. The number of hydrogen-bond acceptors (Lipinski definition) is 2. The summed E-state index contributed by atoms with van der Waals surface area (Å²) >= 11 is 1.86. The molecule has 1 aromatic rings. The van der Waals surface area contributed by atoms with E-state index in [1.165, 1.54) is 36.2 Å². The molecule has 1 saturated heterocycles. The van der Waals surface area contributed by atoms with Gasteiger partial charge in [-0.3, -0.25) is 0 Å². The molecular formula is C10H15NS. The average Bonchev–Trinajstić information content (AvgIpc) is 2.54. The fraction of sp³-hybridized carbons (Fsp3) is 0.600. The molecule has 1 N–H and O–H groups in total. The highest BCUT2D eigenvalue weighted by Crippen LogP contribution is 2.26. The predicted octanol–water partition coefficient (Wildman–Crippen LogP) is 2.87. The van der Waals surface area contributed by atoms with E-state index in [0.29, 0.717) is 6.04 Å². The fourth-order valence-electron chi connectivity index (χ4n) is 1.78. The predicted molar refractivity (Wildman–Crippen MR) is 53.7 cm³/mol. The van der Waals surface area contributed by atoms with Crippen molar-refractivity contribution in [1.82, 2.24) is 5.32 Å². The van der Waals surface area contributed by atoms with Crippen LogP contribution in [0.3, 0.4) is 0 Å². The quantitative estimate of drug-likeness (QED) is 0.702. The van der Waals surface area contributed by atoms with Crippen molar-refractivity contribution in [2.45, 2.75) is 32.2 Å². The standard InChI is InChI=1S/C10H15NS/c1-8-6-9(7-12-8)10-4-2-3-5-11-10/h6-7,10-11H,2-5H2,1H3. The maximum atomic E-state index is 3.56. The maximum Gasteiger partial charge on any atom is 0.0328 e. The molecule has 0 radical (unpaired) electrons. The second kappa shape index (κ2) is 3.58. The molecule has 1 fully saturated rings. The van der Waals surface area contributed by atoms with Crippen LogP contribution in [0, 0.1) is 6.92 Å². The zero-order valence-corrected chi connectivity index (χ0v) is 8.29. The van der Waals surface area contributed by atoms with Gasteiger partial charge in [0.25, 0.3) is 0 Å². The zero-order chi connectivity index (χ0) is 8.39. The van der Waals surface area contributed by atoms with Gasteiger partial charge in [-0.25, -0.2) is 0 Å². The molecule has 0 bridgehead atoms. The number of nitrogens with one attached hydrogen (secondary N) is 1. The second-order valence-electron chi connectivity index (χ2n) is 3.49. The van der Waals surface area contributed by atoms with Crippen molar-refractivity contribution in [3.63, 3.8) is 0 Å². The first-order valence-corrected chi connectivity index (χ1v) is 5.52. The molecular weight excluding hydrogens is 166 g/mol. The van der Waals surface area contributed by atoms with E-state index in [4.69, 9.17) is 0 Å². The molecule has 1 unspecified atom stereocenters. The van der Waals surface area contributed by atoms with Crippen LogP contribution in [-0.4, -0.2) is 6.54 Å². The van der Waals surface area contributed by atoms with Crippen LogP contribution in [-0.2, 0) is 0 Å². The summed E-state index contributed by atoms with van der Waals surface area (Å²) in [5, 5.41) is 5.85. The molecule has 66 valence electrons. The number of hydrogen-bond donors (Lipinski definition) is 1. The maximum absolute atomic E-state index is 3.56. The molecule has 1 atom stereocenters. The van der Waals surface area contributed by atoms with Crippen LogP contribution in [0.5, 0.6) is 0 Å². The topological polar surface area (TPSA) is 12.0 Å². The van der Waals surface area contributed by atoms with Crippen molar-refractivity contribution < 1.29 is 0 Å². The normalized spacial score (nSPS) is 24.2. The Morgan fingerprint density at radius 2 is 2.42 bits per heavy atom. The third kappa shape index (κ3) is 1.70. The molecule has 1 aliphatic rings. The van der Waals surface area contributed by atoms with E-state index in [-0.39, 0.29) is 0 Å². The first kappa shape index (κ1) is 8.27. The second-order valence-corrected chi connectivity index (χ2v) is 4.61. The van der Waals surface area contributed by atoms with Crippen molar-refractivity contribution >= 4 is 11.3 Å². The van der Waals surface area contributed by atoms with Gasteiger partial charge in [-0.1, -0.05) is 6.42 Å². The van der Waals surface area contributed by atoms with E-state index in [1.54, 1.807) is 0 Å². The lowest BCUT2D eigenvalue weighted by atomic mass is 10.00. The monoisotopic (exact) mass is 181 g/mol. The van der Waals surface area contributed by atoms with Crippen molar-refractivity contribution in [3.8, 4) is 0 Å². The molecule has 1 nitrogen and oxygen atoms in total. The number of aryl methyl sites for hydroxylation is 1. The van der Waals surface area contributed by atoms with Crippen molar-refractivity contribution in [2.24, 2.45) is 0 Å². The number of rotatable bonds is 1. The van der Waals surface area contributed by atoms with Crippen LogP contribution < -0.4 is 5.32 Å². The smallest absolute Gasteiger partial charge is 0.0328 e. The Balaban J connectivity index is 2.08. The molecule has 0 amide bonds. The third-order valence-electron chi connectivity index (χ3n) is 2.46. The van der Waals surface area contributed by atoms with Gasteiger partial charge in [-0.15, -0.1) is 11.3 Å². The van der Waals surface area contributed by atoms with Gasteiger partial charge in [0.15, 0.2) is 0 Å². The summed E-state index contributed by atoms with van der Waals surface area (Å²) in [6, 6.07) is 2.96. The molecule has 2 heterocycles. The van der Waals surface area contributed by atoms with Gasteiger partial charge in [-0.05, 0) is 43.3 Å². The zero-order valence-electron chi connectivity index (χ0n) is 7.47. The minimum Gasteiger partial charge on any atom is -0.310 e. The molecule has 0 spiro atoms. The Morgan fingerprint density at radius 1 is 1.50 bits per heavy atom. The summed E-state index contributed by atoms with van der Waals surface area (Å²) in [6.07, 6.45) is 4.04. The number of thiophene rings is 1. The van der Waals surface area contributed by atoms with E-state index in [9.17, 15) is 0 Å². The summed E-state index contributed by atoms with van der Waals surface area (Å²) in [7, 11) is 0. The summed E-state index contributed by atoms with van der Waals surface area (Å²) in [4.78, 5) is 1.43. The Labute approximate surface area is 77.8 Å². The van der Waals surface area contributed by atoms with Gasteiger partial charge in [-0.2, -0.15) is 0 Å². The first-order valence-electron chi connectivity index (χ1n) is 4.65. The van der Waals surface area contributed by atoms with Gasteiger partial charge < -0.3 is 5.32 Å². The van der Waals surface area contributed by atoms with E-state index in [1.807, 2.05) is 11.3 Å². The van der Waals surface area contributed by atoms with E-state index in [0.717, 1.165) is 0 Å². The number of piperidine rings is 1. The fourth-order valence-corrected chi connectivity index (χ4v) is 2.54. The summed E-state index contributed by atoms with van der Waals surface area (Å²) < 4.78 is 0. The molecule has 1 aliphatic heterocycles. The van der Waals surface area contributed by atoms with Crippen molar-refractivity contribution in [2.75, 3.05) is 6.54 Å². The largest absolute Gasteiger partial charge is 0.310 e.